The monoisotopic (exact) mass is 528 g/mol. The maximum Gasteiger partial charge on any atom is 0.266 e. The van der Waals surface area contributed by atoms with E-state index in [1.165, 1.54) is 19.1 Å². The van der Waals surface area contributed by atoms with Crippen LogP contribution in [0.5, 0.6) is 0 Å². The van der Waals surface area contributed by atoms with Gasteiger partial charge in [-0.2, -0.15) is 0 Å². The summed E-state index contributed by atoms with van der Waals surface area (Å²) in [5, 5.41) is 5.60. The molecule has 2 N–H and O–H groups in total. The van der Waals surface area contributed by atoms with Gasteiger partial charge in [-0.05, 0) is 19.8 Å². The summed E-state index contributed by atoms with van der Waals surface area (Å²) in [5.41, 5.74) is -3.21. The summed E-state index contributed by atoms with van der Waals surface area (Å²) in [6.07, 6.45) is -4.54. The number of carbonyl (C=O) groups excluding carboxylic acids is 1. The number of hydrogen-bond donors (Lipinski definition) is 2. The van der Waals surface area contributed by atoms with Crippen LogP contribution in [0.3, 0.4) is 0 Å². The molecule has 1 aliphatic carbocycles. The molecule has 1 aromatic carbocycles. The Labute approximate surface area is 210 Å². The van der Waals surface area contributed by atoms with Crippen molar-refractivity contribution in [3.8, 4) is 0 Å². The topological polar surface area (TPSA) is 75.6 Å². The Morgan fingerprint density at radius 1 is 1.14 bits per heavy atom. The van der Waals surface area contributed by atoms with Crippen molar-refractivity contribution < 1.29 is 31.5 Å². The van der Waals surface area contributed by atoms with E-state index in [0.717, 1.165) is 36.0 Å². The molecular weight excluding hydrogens is 499 g/mol. The van der Waals surface area contributed by atoms with E-state index in [9.17, 15) is 31.5 Å². The zero-order valence-corrected chi connectivity index (χ0v) is 20.3. The predicted molar refractivity (Wildman–Crippen MR) is 127 cm³/mol. The van der Waals surface area contributed by atoms with Crippen molar-refractivity contribution in [3.63, 3.8) is 0 Å². The van der Waals surface area contributed by atoms with Gasteiger partial charge in [-0.15, -0.1) is 0 Å². The van der Waals surface area contributed by atoms with Crippen molar-refractivity contribution >= 4 is 11.6 Å². The molecule has 1 unspecified atom stereocenters. The van der Waals surface area contributed by atoms with Gasteiger partial charge in [0.15, 0.2) is 0 Å². The number of pyridine rings is 1. The number of aromatic nitrogens is 1. The number of nitrogens with one attached hydrogen (secondary N) is 2. The molecule has 1 atom stereocenters. The van der Waals surface area contributed by atoms with Gasteiger partial charge in [0.2, 0.25) is 0 Å². The smallest absolute Gasteiger partial charge is 0.266 e. The highest BCUT2D eigenvalue weighted by Gasteiger charge is 2.53. The highest BCUT2D eigenvalue weighted by Crippen LogP contribution is 2.47. The molecule has 2 heterocycles. The minimum Gasteiger partial charge on any atom is -0.383 e. The lowest BCUT2D eigenvalue weighted by Gasteiger charge is -2.27. The van der Waals surface area contributed by atoms with Gasteiger partial charge in [-0.25, -0.2) is 22.0 Å². The van der Waals surface area contributed by atoms with Gasteiger partial charge >= 0.3 is 0 Å². The largest absolute Gasteiger partial charge is 0.383 e. The van der Waals surface area contributed by atoms with Crippen molar-refractivity contribution in [3.05, 3.63) is 63.3 Å². The first-order chi connectivity index (χ1) is 17.6. The fourth-order valence-electron chi connectivity index (χ4n) is 4.50. The Balaban J connectivity index is 1.60. The number of rotatable bonds is 10. The SMILES string of the molecule is CC(NC(=O)c1cn(C2(C(F)F)CC2)c(=O)cc1NCCN1CCOCC1)c1cccc(C(F)F)c1F. The Bertz CT molecular complexity index is 1180. The summed E-state index contributed by atoms with van der Waals surface area (Å²) >= 11 is 0. The molecule has 1 saturated heterocycles. The molecular formula is C25H29F5N4O3. The third kappa shape index (κ3) is 5.80. The number of anilines is 1. The summed E-state index contributed by atoms with van der Waals surface area (Å²) in [5.74, 6) is -1.89. The lowest BCUT2D eigenvalue weighted by Crippen LogP contribution is -2.40. The number of carbonyl (C=O) groups is 1. The van der Waals surface area contributed by atoms with E-state index in [-0.39, 0.29) is 29.7 Å². The van der Waals surface area contributed by atoms with Crippen LogP contribution in [0.25, 0.3) is 0 Å². The first-order valence-corrected chi connectivity index (χ1v) is 12.1. The Morgan fingerprint density at radius 3 is 2.43 bits per heavy atom. The van der Waals surface area contributed by atoms with Crippen LogP contribution < -0.4 is 16.2 Å². The Kier molecular flexibility index (Phi) is 8.17. The summed E-state index contributed by atoms with van der Waals surface area (Å²) in [6.45, 7) is 5.04. The summed E-state index contributed by atoms with van der Waals surface area (Å²) in [4.78, 5) is 28.2. The van der Waals surface area contributed by atoms with Crippen LogP contribution in [-0.2, 0) is 10.3 Å². The second kappa shape index (κ2) is 11.2. The molecule has 1 amide bonds. The molecule has 1 saturated carbocycles. The molecule has 2 fully saturated rings. The second-order valence-electron chi connectivity index (χ2n) is 9.34. The number of morpholine rings is 1. The first-order valence-electron chi connectivity index (χ1n) is 12.1. The van der Waals surface area contributed by atoms with Gasteiger partial charge in [0, 0.05) is 44.0 Å². The van der Waals surface area contributed by atoms with Crippen LogP contribution in [0.4, 0.5) is 27.6 Å². The van der Waals surface area contributed by atoms with Crippen LogP contribution in [0, 0.1) is 5.82 Å². The van der Waals surface area contributed by atoms with Gasteiger partial charge in [-0.1, -0.05) is 18.2 Å². The van der Waals surface area contributed by atoms with Crippen molar-refractivity contribution in [1.82, 2.24) is 14.8 Å². The van der Waals surface area contributed by atoms with Crippen molar-refractivity contribution in [2.75, 3.05) is 44.7 Å². The summed E-state index contributed by atoms with van der Waals surface area (Å²) in [7, 11) is 0. The molecule has 37 heavy (non-hydrogen) atoms. The van der Waals surface area contributed by atoms with Gasteiger partial charge in [-0.3, -0.25) is 14.5 Å². The maximum atomic E-state index is 14.6. The number of hydrogen-bond acceptors (Lipinski definition) is 5. The average molecular weight is 529 g/mol. The van der Waals surface area contributed by atoms with Crippen LogP contribution in [0.15, 0.2) is 35.3 Å². The van der Waals surface area contributed by atoms with E-state index < -0.39 is 47.3 Å². The summed E-state index contributed by atoms with van der Waals surface area (Å²) in [6, 6.07) is 3.60. The van der Waals surface area contributed by atoms with Crippen LogP contribution >= 0.6 is 0 Å². The number of nitrogens with zero attached hydrogens (tertiary/aromatic N) is 2. The molecule has 7 nitrogen and oxygen atoms in total. The van der Waals surface area contributed by atoms with Gasteiger partial charge in [0.05, 0.1) is 36.1 Å². The van der Waals surface area contributed by atoms with E-state index in [1.807, 2.05) is 0 Å². The van der Waals surface area contributed by atoms with Gasteiger partial charge < -0.3 is 19.9 Å². The highest BCUT2D eigenvalue weighted by molar-refractivity contribution is 5.99. The quantitative estimate of drug-likeness (QED) is 0.458. The van der Waals surface area contributed by atoms with E-state index in [2.05, 4.69) is 15.5 Å². The number of halogens is 5. The first kappa shape index (κ1) is 27.1. The third-order valence-corrected chi connectivity index (χ3v) is 6.90. The molecule has 0 radical (unpaired) electrons. The molecule has 2 aliphatic rings. The molecule has 1 aromatic heterocycles. The lowest BCUT2D eigenvalue weighted by molar-refractivity contribution is 0.0398. The fourth-order valence-corrected chi connectivity index (χ4v) is 4.50. The van der Waals surface area contributed by atoms with E-state index in [4.69, 9.17) is 4.74 Å². The van der Waals surface area contributed by atoms with E-state index >= 15 is 0 Å². The second-order valence-corrected chi connectivity index (χ2v) is 9.34. The highest BCUT2D eigenvalue weighted by atomic mass is 19.3. The zero-order valence-electron chi connectivity index (χ0n) is 20.3. The standard InChI is InChI=1S/C25H29F5N4O3/c1-15(16-3-2-4-17(21(16)26)22(27)28)32-23(36)18-14-34(25(5-6-25)24(29)30)20(35)13-19(18)31-7-8-33-9-11-37-12-10-33/h2-4,13-15,22,24,31H,5-12H2,1H3,(H,32,36). The molecule has 0 spiro atoms. The molecule has 1 aliphatic heterocycles. The number of alkyl halides is 4. The van der Waals surface area contributed by atoms with Crippen molar-refractivity contribution in [2.24, 2.45) is 0 Å². The lowest BCUT2D eigenvalue weighted by atomic mass is 10.0. The van der Waals surface area contributed by atoms with Crippen LogP contribution in [0.2, 0.25) is 0 Å². The molecule has 12 heteroatoms. The van der Waals surface area contributed by atoms with Gasteiger partial charge in [0.1, 0.15) is 11.4 Å². The van der Waals surface area contributed by atoms with E-state index in [0.29, 0.717) is 26.3 Å². The zero-order chi connectivity index (χ0) is 26.7. The minimum absolute atomic E-state index is 0.0780. The third-order valence-electron chi connectivity index (χ3n) is 6.90. The molecule has 202 valence electrons. The Morgan fingerprint density at radius 2 is 1.81 bits per heavy atom. The van der Waals surface area contributed by atoms with Crippen molar-refractivity contribution in [1.29, 1.82) is 0 Å². The minimum atomic E-state index is -3.03. The van der Waals surface area contributed by atoms with Crippen LogP contribution in [-0.4, -0.2) is 61.2 Å². The predicted octanol–water partition coefficient (Wildman–Crippen LogP) is 3.91. The maximum absolute atomic E-state index is 14.6. The number of amides is 1. The normalized spacial score (nSPS) is 18.2. The van der Waals surface area contributed by atoms with Gasteiger partial charge in [0.25, 0.3) is 24.3 Å². The average Bonchev–Trinajstić information content (AvgIpc) is 3.67. The molecule has 0 bridgehead atoms. The molecule has 4 rings (SSSR count). The fraction of sp³-hybridized carbons (Fsp3) is 0.520. The van der Waals surface area contributed by atoms with Crippen LogP contribution in [0.1, 0.15) is 53.7 Å². The number of ether oxygens (including phenoxy) is 1. The van der Waals surface area contributed by atoms with Crippen molar-refractivity contribution in [2.45, 2.75) is 44.2 Å². The summed E-state index contributed by atoms with van der Waals surface area (Å²) < 4.78 is 74.6. The molecule has 2 aromatic rings. The number of benzene rings is 1. The van der Waals surface area contributed by atoms with E-state index in [1.54, 1.807) is 0 Å². The Hall–Kier alpha value is -2.99.